The van der Waals surface area contributed by atoms with Crippen molar-refractivity contribution in [3.8, 4) is 0 Å². The van der Waals surface area contributed by atoms with Crippen LogP contribution in [0.15, 0.2) is 39.6 Å². The first kappa shape index (κ1) is 13.4. The molecule has 106 valence electrons. The summed E-state index contributed by atoms with van der Waals surface area (Å²) in [6, 6.07) is 5.89. The number of rotatable bonds is 5. The van der Waals surface area contributed by atoms with Gasteiger partial charge in [-0.3, -0.25) is 4.79 Å². The van der Waals surface area contributed by atoms with Gasteiger partial charge in [0.25, 0.3) is 0 Å². The molecule has 3 rings (SSSR count). The zero-order chi connectivity index (χ0) is 13.8. The molecule has 0 unspecified atom stereocenters. The van der Waals surface area contributed by atoms with E-state index in [9.17, 15) is 4.79 Å². The Morgan fingerprint density at radius 2 is 2.15 bits per heavy atom. The molecule has 0 bridgehead atoms. The van der Waals surface area contributed by atoms with Gasteiger partial charge in [0, 0.05) is 12.5 Å². The van der Waals surface area contributed by atoms with Crippen LogP contribution in [-0.2, 0) is 17.9 Å². The van der Waals surface area contributed by atoms with E-state index in [1.807, 2.05) is 17.0 Å². The quantitative estimate of drug-likeness (QED) is 0.831. The summed E-state index contributed by atoms with van der Waals surface area (Å²) in [4.78, 5) is 14.6. The Kier molecular flexibility index (Phi) is 4.21. The van der Waals surface area contributed by atoms with Crippen molar-refractivity contribution in [2.75, 3.05) is 0 Å². The van der Waals surface area contributed by atoms with Crippen molar-refractivity contribution in [1.29, 1.82) is 0 Å². The molecule has 1 aliphatic carbocycles. The lowest BCUT2D eigenvalue weighted by Gasteiger charge is -2.24. The average molecular weight is 289 g/mol. The molecule has 0 spiro atoms. The van der Waals surface area contributed by atoms with Gasteiger partial charge in [-0.05, 0) is 47.4 Å². The molecule has 2 aromatic heterocycles. The Labute approximate surface area is 123 Å². The van der Waals surface area contributed by atoms with Crippen LogP contribution in [0, 0.1) is 5.92 Å². The molecule has 0 aliphatic heterocycles. The maximum atomic E-state index is 12.7. The number of hydrogen-bond acceptors (Lipinski definition) is 3. The van der Waals surface area contributed by atoms with E-state index in [0.717, 1.165) is 18.6 Å². The molecule has 3 nitrogen and oxygen atoms in total. The van der Waals surface area contributed by atoms with Crippen LogP contribution in [0.3, 0.4) is 0 Å². The van der Waals surface area contributed by atoms with Gasteiger partial charge in [-0.25, -0.2) is 0 Å². The number of hydrogen-bond donors (Lipinski definition) is 0. The molecule has 4 heteroatoms. The van der Waals surface area contributed by atoms with E-state index >= 15 is 0 Å². The summed E-state index contributed by atoms with van der Waals surface area (Å²) in [7, 11) is 0. The first-order valence-corrected chi connectivity index (χ1v) is 8.09. The third kappa shape index (κ3) is 3.12. The molecular formula is C16H19NO2S. The zero-order valence-electron chi connectivity index (χ0n) is 11.5. The van der Waals surface area contributed by atoms with Gasteiger partial charge in [-0.15, -0.1) is 0 Å². The van der Waals surface area contributed by atoms with Gasteiger partial charge < -0.3 is 9.32 Å². The number of carbonyl (C=O) groups excluding carboxylic acids is 1. The normalized spacial score (nSPS) is 15.6. The third-order valence-electron chi connectivity index (χ3n) is 3.90. The van der Waals surface area contributed by atoms with Crippen LogP contribution in [-0.4, -0.2) is 10.8 Å². The molecule has 1 amide bonds. The van der Waals surface area contributed by atoms with Crippen molar-refractivity contribution in [3.63, 3.8) is 0 Å². The summed E-state index contributed by atoms with van der Waals surface area (Å²) in [5, 5.41) is 4.16. The topological polar surface area (TPSA) is 33.5 Å². The number of thiophene rings is 1. The van der Waals surface area contributed by atoms with Crippen LogP contribution in [0.5, 0.6) is 0 Å². The highest BCUT2D eigenvalue weighted by Crippen LogP contribution is 2.28. The largest absolute Gasteiger partial charge is 0.467 e. The standard InChI is InChI=1S/C16H19NO2S/c18-16(14-4-1-2-5-14)17(10-13-7-9-20-12-13)11-15-6-3-8-19-15/h3,6-9,12,14H,1-2,4-5,10-11H2. The zero-order valence-corrected chi connectivity index (χ0v) is 12.3. The van der Waals surface area contributed by atoms with Crippen molar-refractivity contribution in [2.24, 2.45) is 5.92 Å². The fourth-order valence-electron chi connectivity index (χ4n) is 2.84. The van der Waals surface area contributed by atoms with Crippen LogP contribution in [0.25, 0.3) is 0 Å². The van der Waals surface area contributed by atoms with E-state index in [4.69, 9.17) is 4.42 Å². The second-order valence-corrected chi connectivity index (χ2v) is 6.17. The summed E-state index contributed by atoms with van der Waals surface area (Å²) in [5.41, 5.74) is 1.20. The highest BCUT2D eigenvalue weighted by molar-refractivity contribution is 7.07. The maximum absolute atomic E-state index is 12.7. The molecule has 0 saturated heterocycles. The van der Waals surface area contributed by atoms with Crippen LogP contribution < -0.4 is 0 Å². The fourth-order valence-corrected chi connectivity index (χ4v) is 3.50. The molecule has 0 atom stereocenters. The number of amides is 1. The average Bonchev–Trinajstić information content (AvgIpc) is 3.20. The van der Waals surface area contributed by atoms with Crippen molar-refractivity contribution in [3.05, 3.63) is 46.5 Å². The SMILES string of the molecule is O=C(C1CCCC1)N(Cc1ccsc1)Cc1ccco1. The molecule has 0 aromatic carbocycles. The predicted molar refractivity (Wildman–Crippen MR) is 79.2 cm³/mol. The smallest absolute Gasteiger partial charge is 0.226 e. The van der Waals surface area contributed by atoms with E-state index < -0.39 is 0 Å². The van der Waals surface area contributed by atoms with Crippen LogP contribution in [0.2, 0.25) is 0 Å². The molecule has 2 heterocycles. The van der Waals surface area contributed by atoms with Gasteiger partial charge in [0.05, 0.1) is 12.8 Å². The van der Waals surface area contributed by atoms with Gasteiger partial charge >= 0.3 is 0 Å². The van der Waals surface area contributed by atoms with E-state index in [2.05, 4.69) is 16.8 Å². The fraction of sp³-hybridized carbons (Fsp3) is 0.438. The van der Waals surface area contributed by atoms with E-state index in [0.29, 0.717) is 13.1 Å². The molecule has 1 saturated carbocycles. The molecule has 0 N–H and O–H groups in total. The second-order valence-electron chi connectivity index (χ2n) is 5.39. The molecule has 1 aliphatic rings. The van der Waals surface area contributed by atoms with Gasteiger partial charge in [-0.2, -0.15) is 11.3 Å². The number of carbonyl (C=O) groups is 1. The maximum Gasteiger partial charge on any atom is 0.226 e. The van der Waals surface area contributed by atoms with Gasteiger partial charge in [0.15, 0.2) is 0 Å². The third-order valence-corrected chi connectivity index (χ3v) is 4.63. The molecule has 0 radical (unpaired) electrons. The summed E-state index contributed by atoms with van der Waals surface area (Å²) < 4.78 is 5.40. The lowest BCUT2D eigenvalue weighted by Crippen LogP contribution is -2.34. The van der Waals surface area contributed by atoms with Crippen LogP contribution in [0.1, 0.15) is 37.0 Å². The second kappa shape index (κ2) is 6.27. The highest BCUT2D eigenvalue weighted by atomic mass is 32.1. The van der Waals surface area contributed by atoms with Gasteiger partial charge in [-0.1, -0.05) is 12.8 Å². The minimum absolute atomic E-state index is 0.212. The van der Waals surface area contributed by atoms with Crippen LogP contribution in [0.4, 0.5) is 0 Å². The van der Waals surface area contributed by atoms with E-state index in [1.165, 1.54) is 18.4 Å². The lowest BCUT2D eigenvalue weighted by molar-refractivity contribution is -0.136. The Bertz CT molecular complexity index is 491. The lowest BCUT2D eigenvalue weighted by atomic mass is 10.1. The summed E-state index contributed by atoms with van der Waals surface area (Å²) in [5.74, 6) is 1.35. The minimum atomic E-state index is 0.212. The minimum Gasteiger partial charge on any atom is -0.467 e. The molecule has 1 fully saturated rings. The summed E-state index contributed by atoms with van der Waals surface area (Å²) in [6.45, 7) is 1.25. The van der Waals surface area contributed by atoms with Crippen LogP contribution >= 0.6 is 11.3 Å². The Morgan fingerprint density at radius 3 is 2.80 bits per heavy atom. The Balaban J connectivity index is 1.73. The first-order chi connectivity index (χ1) is 9.83. The molecule has 2 aromatic rings. The van der Waals surface area contributed by atoms with Crippen molar-refractivity contribution in [2.45, 2.75) is 38.8 Å². The van der Waals surface area contributed by atoms with Gasteiger partial charge in [0.2, 0.25) is 5.91 Å². The van der Waals surface area contributed by atoms with E-state index in [1.54, 1.807) is 17.6 Å². The monoisotopic (exact) mass is 289 g/mol. The summed E-state index contributed by atoms with van der Waals surface area (Å²) in [6.07, 6.45) is 6.11. The van der Waals surface area contributed by atoms with E-state index in [-0.39, 0.29) is 11.8 Å². The Morgan fingerprint density at radius 1 is 1.30 bits per heavy atom. The summed E-state index contributed by atoms with van der Waals surface area (Å²) >= 11 is 1.67. The first-order valence-electron chi connectivity index (χ1n) is 7.15. The van der Waals surface area contributed by atoms with Gasteiger partial charge in [0.1, 0.15) is 5.76 Å². The molecular weight excluding hydrogens is 270 g/mol. The molecule has 20 heavy (non-hydrogen) atoms. The number of nitrogens with zero attached hydrogens (tertiary/aromatic N) is 1. The van der Waals surface area contributed by atoms with Crippen molar-refractivity contribution in [1.82, 2.24) is 4.90 Å². The van der Waals surface area contributed by atoms with Crippen molar-refractivity contribution < 1.29 is 9.21 Å². The predicted octanol–water partition coefficient (Wildman–Crippen LogP) is 4.06. The Hall–Kier alpha value is -1.55. The van der Waals surface area contributed by atoms with Crippen molar-refractivity contribution >= 4 is 17.2 Å². The highest BCUT2D eigenvalue weighted by Gasteiger charge is 2.27. The number of furan rings is 1.